The monoisotopic (exact) mass is 344 g/mol. The maximum atomic E-state index is 14.4. The molecule has 0 atom stereocenters. The fourth-order valence-electron chi connectivity index (χ4n) is 1.70. The maximum absolute atomic E-state index is 14.4. The van der Waals surface area contributed by atoms with Crippen LogP contribution in [0, 0.1) is 0 Å². The smallest absolute Gasteiger partial charge is 0.335 e. The predicted octanol–water partition coefficient (Wildman–Crippen LogP) is 3.06. The summed E-state index contributed by atoms with van der Waals surface area (Å²) in [7, 11) is 1.36. The molecule has 23 heavy (non-hydrogen) atoms. The van der Waals surface area contributed by atoms with Crippen molar-refractivity contribution in [3.63, 3.8) is 0 Å². The third-order valence-electron chi connectivity index (χ3n) is 2.93. The van der Waals surface area contributed by atoms with E-state index in [2.05, 4.69) is 21.2 Å². The molecular weight excluding hydrogens is 334 g/mol. The summed E-state index contributed by atoms with van der Waals surface area (Å²) in [5, 5.41) is 11.9. The molecule has 9 heteroatoms. The summed E-state index contributed by atoms with van der Waals surface area (Å²) in [6.07, 6.45) is -0.332. The van der Waals surface area contributed by atoms with Gasteiger partial charge in [-0.15, -0.1) is 0 Å². The number of hydrogen-bond acceptors (Lipinski definition) is 5. The lowest BCUT2D eigenvalue weighted by Crippen LogP contribution is -2.17. The van der Waals surface area contributed by atoms with Crippen molar-refractivity contribution in [2.75, 3.05) is 7.11 Å². The Morgan fingerprint density at radius 1 is 1.52 bits per heavy atom. The van der Waals surface area contributed by atoms with Crippen LogP contribution in [0.5, 0.6) is 5.75 Å². The van der Waals surface area contributed by atoms with E-state index in [9.17, 15) is 13.6 Å². The first-order valence-electron chi connectivity index (χ1n) is 6.21. The van der Waals surface area contributed by atoms with Crippen LogP contribution in [0.2, 0.25) is 5.02 Å². The van der Waals surface area contributed by atoms with E-state index in [1.54, 1.807) is 0 Å². The first kappa shape index (κ1) is 16.9. The highest BCUT2D eigenvalue weighted by atomic mass is 35.5. The van der Waals surface area contributed by atoms with Crippen molar-refractivity contribution in [1.82, 2.24) is 10.1 Å². The van der Waals surface area contributed by atoms with E-state index in [1.165, 1.54) is 13.2 Å². The molecule has 0 aliphatic heterocycles. The molecule has 0 fully saturated rings. The van der Waals surface area contributed by atoms with Crippen molar-refractivity contribution in [2.45, 2.75) is 12.3 Å². The van der Waals surface area contributed by atoms with Gasteiger partial charge in [-0.2, -0.15) is 13.8 Å². The van der Waals surface area contributed by atoms with Gasteiger partial charge in [0.1, 0.15) is 5.75 Å². The molecule has 0 saturated heterocycles. The number of halogens is 3. The highest BCUT2D eigenvalue weighted by molar-refractivity contribution is 6.32. The number of nitrogens with zero attached hydrogens (tertiary/aromatic N) is 2. The standard InChI is InChI=1S/C14H11ClF2N2O4/c1-7(12(20)21)5-11-18-13(19-23-11)14(16,17)8-3-4-10(22-2)9(15)6-8/h3-4,6H,1,5H2,2H3,(H,20,21). The number of carbonyl (C=O) groups is 1. The summed E-state index contributed by atoms with van der Waals surface area (Å²) < 4.78 is 38.3. The summed E-state index contributed by atoms with van der Waals surface area (Å²) in [5.41, 5.74) is -0.705. The van der Waals surface area contributed by atoms with E-state index in [0.717, 1.165) is 12.1 Å². The number of rotatable bonds is 6. The zero-order valence-corrected chi connectivity index (χ0v) is 12.6. The highest BCUT2D eigenvalue weighted by Crippen LogP contribution is 2.37. The number of carboxylic acid groups (broad SMARTS) is 1. The van der Waals surface area contributed by atoms with Crippen LogP contribution >= 0.6 is 11.6 Å². The summed E-state index contributed by atoms with van der Waals surface area (Å²) in [6.45, 7) is 3.26. The molecule has 0 aliphatic carbocycles. The second kappa shape index (κ2) is 6.33. The van der Waals surface area contributed by atoms with Crippen LogP contribution in [-0.2, 0) is 17.1 Å². The lowest BCUT2D eigenvalue weighted by molar-refractivity contribution is -0.132. The Morgan fingerprint density at radius 3 is 2.78 bits per heavy atom. The molecule has 0 radical (unpaired) electrons. The van der Waals surface area contributed by atoms with Crippen LogP contribution in [0.25, 0.3) is 0 Å². The van der Waals surface area contributed by atoms with E-state index < -0.39 is 23.3 Å². The molecule has 1 aromatic carbocycles. The molecule has 2 aromatic rings. The number of methoxy groups -OCH3 is 1. The Morgan fingerprint density at radius 2 is 2.22 bits per heavy atom. The number of aromatic nitrogens is 2. The molecule has 0 spiro atoms. The molecule has 2 rings (SSSR count). The number of ether oxygens (including phenoxy) is 1. The summed E-state index contributed by atoms with van der Waals surface area (Å²) in [4.78, 5) is 14.2. The summed E-state index contributed by atoms with van der Waals surface area (Å²) in [5.74, 6) is -5.77. The van der Waals surface area contributed by atoms with E-state index in [0.29, 0.717) is 0 Å². The van der Waals surface area contributed by atoms with Crippen molar-refractivity contribution >= 4 is 17.6 Å². The van der Waals surface area contributed by atoms with Gasteiger partial charge in [0.2, 0.25) is 11.7 Å². The lowest BCUT2D eigenvalue weighted by Gasteiger charge is -2.13. The van der Waals surface area contributed by atoms with Crippen LogP contribution in [0.15, 0.2) is 34.9 Å². The fourth-order valence-corrected chi connectivity index (χ4v) is 1.96. The minimum atomic E-state index is -3.57. The van der Waals surface area contributed by atoms with Crippen LogP contribution in [-0.4, -0.2) is 28.3 Å². The zero-order chi connectivity index (χ0) is 17.2. The third kappa shape index (κ3) is 3.48. The quantitative estimate of drug-likeness (QED) is 0.811. The average Bonchev–Trinajstić information content (AvgIpc) is 2.96. The van der Waals surface area contributed by atoms with Gasteiger partial charge in [0, 0.05) is 11.1 Å². The van der Waals surface area contributed by atoms with E-state index in [4.69, 9.17) is 21.4 Å². The predicted molar refractivity (Wildman–Crippen MR) is 75.8 cm³/mol. The number of alkyl halides is 2. The Hall–Kier alpha value is -2.48. The van der Waals surface area contributed by atoms with Crippen molar-refractivity contribution in [3.8, 4) is 5.75 Å². The molecule has 0 aliphatic rings. The Balaban J connectivity index is 2.29. The second-order valence-corrected chi connectivity index (χ2v) is 4.93. The first-order valence-corrected chi connectivity index (χ1v) is 6.59. The van der Waals surface area contributed by atoms with Crippen LogP contribution in [0.3, 0.4) is 0 Å². The van der Waals surface area contributed by atoms with Crippen LogP contribution in [0.4, 0.5) is 8.78 Å². The van der Waals surface area contributed by atoms with E-state index in [-0.39, 0.29) is 28.7 Å². The number of hydrogen-bond donors (Lipinski definition) is 1. The maximum Gasteiger partial charge on any atom is 0.335 e. The van der Waals surface area contributed by atoms with Gasteiger partial charge in [0.25, 0.3) is 0 Å². The van der Waals surface area contributed by atoms with Crippen molar-refractivity contribution in [1.29, 1.82) is 0 Å². The van der Waals surface area contributed by atoms with Crippen molar-refractivity contribution in [3.05, 3.63) is 52.7 Å². The van der Waals surface area contributed by atoms with Crippen molar-refractivity contribution < 1.29 is 27.9 Å². The zero-order valence-electron chi connectivity index (χ0n) is 11.8. The molecule has 6 nitrogen and oxygen atoms in total. The first-order chi connectivity index (χ1) is 10.8. The Bertz CT molecular complexity index is 761. The van der Waals surface area contributed by atoms with Gasteiger partial charge in [0.05, 0.1) is 18.6 Å². The van der Waals surface area contributed by atoms with Crippen molar-refractivity contribution in [2.24, 2.45) is 0 Å². The molecule has 122 valence electrons. The van der Waals surface area contributed by atoms with Gasteiger partial charge in [-0.1, -0.05) is 23.3 Å². The molecular formula is C14H11ClF2N2O4. The molecule has 1 N–H and O–H groups in total. The van der Waals surface area contributed by atoms with E-state index >= 15 is 0 Å². The molecule has 0 bridgehead atoms. The summed E-state index contributed by atoms with van der Waals surface area (Å²) >= 11 is 5.83. The minimum absolute atomic E-state index is 0.00708. The third-order valence-corrected chi connectivity index (χ3v) is 3.23. The lowest BCUT2D eigenvalue weighted by atomic mass is 10.1. The minimum Gasteiger partial charge on any atom is -0.495 e. The van der Waals surface area contributed by atoms with Gasteiger partial charge < -0.3 is 14.4 Å². The summed E-state index contributed by atoms with van der Waals surface area (Å²) in [6, 6.07) is 3.45. The molecule has 0 saturated carbocycles. The molecule has 1 aromatic heterocycles. The largest absolute Gasteiger partial charge is 0.495 e. The highest BCUT2D eigenvalue weighted by Gasteiger charge is 2.40. The van der Waals surface area contributed by atoms with Crippen LogP contribution in [0.1, 0.15) is 17.3 Å². The Labute approximate surface area is 134 Å². The SMILES string of the molecule is C=C(Cc1nc(C(F)(F)c2ccc(OC)c(Cl)c2)no1)C(=O)O. The van der Waals surface area contributed by atoms with E-state index in [1.807, 2.05) is 0 Å². The van der Waals surface area contributed by atoms with Gasteiger partial charge in [-0.05, 0) is 18.2 Å². The number of benzene rings is 1. The second-order valence-electron chi connectivity index (χ2n) is 4.52. The average molecular weight is 345 g/mol. The fraction of sp³-hybridized carbons (Fsp3) is 0.214. The number of aliphatic carboxylic acids is 1. The normalized spacial score (nSPS) is 11.3. The van der Waals surface area contributed by atoms with Gasteiger partial charge in [-0.25, -0.2) is 4.79 Å². The Kier molecular flexibility index (Phi) is 4.65. The van der Waals surface area contributed by atoms with Gasteiger partial charge in [-0.3, -0.25) is 0 Å². The molecule has 0 amide bonds. The van der Waals surface area contributed by atoms with Gasteiger partial charge >= 0.3 is 11.9 Å². The molecule has 0 unspecified atom stereocenters. The topological polar surface area (TPSA) is 85.5 Å². The molecule has 1 heterocycles. The van der Waals surface area contributed by atoms with Gasteiger partial charge in [0.15, 0.2) is 0 Å². The number of carboxylic acids is 1. The van der Waals surface area contributed by atoms with Crippen LogP contribution < -0.4 is 4.74 Å².